The fraction of sp³-hybridized carbons (Fsp3) is 0.500. The number of hydrogen-bond donors (Lipinski definition) is 2. The van der Waals surface area contributed by atoms with Gasteiger partial charge in [-0.3, -0.25) is 19.5 Å². The minimum Gasteiger partial charge on any atom is -0.355 e. The summed E-state index contributed by atoms with van der Waals surface area (Å²) in [4.78, 5) is 30.8. The van der Waals surface area contributed by atoms with Crippen molar-refractivity contribution in [3.05, 3.63) is 63.9 Å². The normalized spacial score (nSPS) is 16.2. The van der Waals surface area contributed by atoms with Crippen LogP contribution in [0.15, 0.2) is 36.5 Å². The highest BCUT2D eigenvalue weighted by atomic mass is 35.5. The Morgan fingerprint density at radius 3 is 2.43 bits per heavy atom. The average molecular weight is 557 g/mol. The zero-order valence-corrected chi connectivity index (χ0v) is 22.9. The molecule has 0 spiro atoms. The SMILES string of the molecule is CNC(=O)c1ccc(CS[C@@H](CNC(=O)C[C@H](c2ccc(C)nc2)C2(C(F)(F)F)CC2)N(C)C)c(Cl)c1. The Hall–Kier alpha value is -2.30. The van der Waals surface area contributed by atoms with E-state index in [1.54, 1.807) is 44.3 Å². The van der Waals surface area contributed by atoms with Gasteiger partial charge in [-0.1, -0.05) is 23.7 Å². The number of pyridine rings is 1. The fourth-order valence-electron chi connectivity index (χ4n) is 4.27. The van der Waals surface area contributed by atoms with Gasteiger partial charge in [-0.2, -0.15) is 13.2 Å². The summed E-state index contributed by atoms with van der Waals surface area (Å²) in [6.45, 7) is 2.02. The van der Waals surface area contributed by atoms with Crippen LogP contribution in [-0.2, 0) is 10.5 Å². The topological polar surface area (TPSA) is 74.3 Å². The lowest BCUT2D eigenvalue weighted by Crippen LogP contribution is -2.40. The summed E-state index contributed by atoms with van der Waals surface area (Å²) < 4.78 is 41.9. The van der Waals surface area contributed by atoms with Crippen LogP contribution in [0.25, 0.3) is 0 Å². The van der Waals surface area contributed by atoms with Gasteiger partial charge in [-0.15, -0.1) is 11.8 Å². The van der Waals surface area contributed by atoms with Gasteiger partial charge in [-0.25, -0.2) is 0 Å². The number of likely N-dealkylation sites (N-methyl/N-ethyl adjacent to an activating group) is 1. The first kappa shape index (κ1) is 29.3. The van der Waals surface area contributed by atoms with E-state index in [0.717, 1.165) is 5.56 Å². The second-order valence-corrected chi connectivity index (χ2v) is 11.1. The second-order valence-electron chi connectivity index (χ2n) is 9.56. The number of rotatable bonds is 11. The van der Waals surface area contributed by atoms with E-state index in [0.29, 0.717) is 27.6 Å². The maximum atomic E-state index is 14.0. The van der Waals surface area contributed by atoms with Crippen LogP contribution in [0.2, 0.25) is 5.02 Å². The number of thioether (sulfide) groups is 1. The Morgan fingerprint density at radius 2 is 1.92 bits per heavy atom. The summed E-state index contributed by atoms with van der Waals surface area (Å²) in [6, 6.07) is 8.41. The molecule has 2 amide bonds. The number of hydrogen-bond acceptors (Lipinski definition) is 5. The molecule has 2 atom stereocenters. The van der Waals surface area contributed by atoms with Crippen molar-refractivity contribution >= 4 is 35.2 Å². The number of halogens is 4. The number of aromatic nitrogens is 1. The third-order valence-electron chi connectivity index (χ3n) is 6.77. The van der Waals surface area contributed by atoms with E-state index >= 15 is 0 Å². The monoisotopic (exact) mass is 556 g/mol. The summed E-state index contributed by atoms with van der Waals surface area (Å²) in [6.07, 6.45) is -3.17. The molecule has 0 radical (unpaired) electrons. The Bertz CT molecular complexity index is 1110. The highest BCUT2D eigenvalue weighted by molar-refractivity contribution is 7.99. The first-order chi connectivity index (χ1) is 17.4. The van der Waals surface area contributed by atoms with E-state index in [-0.39, 0.29) is 37.1 Å². The molecule has 0 bridgehead atoms. The molecule has 202 valence electrons. The molecule has 11 heteroatoms. The maximum absolute atomic E-state index is 14.0. The molecule has 0 saturated heterocycles. The first-order valence-corrected chi connectivity index (χ1v) is 13.3. The number of carbonyl (C=O) groups is 2. The van der Waals surface area contributed by atoms with Gasteiger partial charge in [0.25, 0.3) is 5.91 Å². The molecule has 1 aliphatic carbocycles. The van der Waals surface area contributed by atoms with E-state index in [1.807, 2.05) is 19.0 Å². The molecule has 1 heterocycles. The predicted molar refractivity (Wildman–Crippen MR) is 141 cm³/mol. The van der Waals surface area contributed by atoms with Gasteiger partial charge >= 0.3 is 6.18 Å². The molecule has 37 heavy (non-hydrogen) atoms. The smallest absolute Gasteiger partial charge is 0.355 e. The molecule has 0 unspecified atom stereocenters. The third kappa shape index (κ3) is 7.18. The standard InChI is InChI=1S/C26H32ClF3N4O2S/c1-16-5-6-18(13-32-16)20(25(9-10-25)26(28,29)30)12-22(35)33-14-23(34(3)4)37-15-19-8-7-17(11-21(19)27)24(36)31-2/h5-8,11,13,20,23H,9-10,12,14-15H2,1-4H3,(H,31,36)(H,33,35)/t20-,23+/m1/s1. The van der Waals surface area contributed by atoms with E-state index < -0.39 is 23.4 Å². The molecular weight excluding hydrogens is 525 g/mol. The largest absolute Gasteiger partial charge is 0.395 e. The van der Waals surface area contributed by atoms with Crippen molar-refractivity contribution in [2.24, 2.45) is 5.41 Å². The third-order valence-corrected chi connectivity index (χ3v) is 8.57. The van der Waals surface area contributed by atoms with E-state index in [1.165, 1.54) is 18.0 Å². The maximum Gasteiger partial charge on any atom is 0.395 e. The number of amides is 2. The van der Waals surface area contributed by atoms with Crippen molar-refractivity contribution in [1.82, 2.24) is 20.5 Å². The Balaban J connectivity index is 1.64. The van der Waals surface area contributed by atoms with Crippen LogP contribution in [0.4, 0.5) is 13.2 Å². The van der Waals surface area contributed by atoms with Crippen molar-refractivity contribution in [1.29, 1.82) is 0 Å². The first-order valence-electron chi connectivity index (χ1n) is 11.9. The Labute approximate surface area is 224 Å². The van der Waals surface area contributed by atoms with Crippen LogP contribution in [0, 0.1) is 12.3 Å². The summed E-state index contributed by atoms with van der Waals surface area (Å²) in [5, 5.41) is 5.71. The lowest BCUT2D eigenvalue weighted by Gasteiger charge is -2.30. The quantitative estimate of drug-likeness (QED) is 0.374. The van der Waals surface area contributed by atoms with Gasteiger partial charge in [0.1, 0.15) is 0 Å². The number of aryl methyl sites for hydroxylation is 1. The molecule has 1 saturated carbocycles. The average Bonchev–Trinajstić information content (AvgIpc) is 3.65. The van der Waals surface area contributed by atoms with Gasteiger partial charge in [0.05, 0.1) is 10.8 Å². The highest BCUT2D eigenvalue weighted by Crippen LogP contribution is 2.66. The Morgan fingerprint density at radius 1 is 1.22 bits per heavy atom. The van der Waals surface area contributed by atoms with Crippen LogP contribution in [0.5, 0.6) is 0 Å². The molecule has 6 nitrogen and oxygen atoms in total. The van der Waals surface area contributed by atoms with Crippen molar-refractivity contribution < 1.29 is 22.8 Å². The van der Waals surface area contributed by atoms with Crippen LogP contribution in [0.3, 0.4) is 0 Å². The van der Waals surface area contributed by atoms with Crippen molar-refractivity contribution in [2.45, 2.75) is 49.4 Å². The minimum atomic E-state index is -4.39. The van der Waals surface area contributed by atoms with Gasteiger partial charge in [0, 0.05) is 54.2 Å². The van der Waals surface area contributed by atoms with E-state index in [9.17, 15) is 22.8 Å². The van der Waals surface area contributed by atoms with Gasteiger partial charge in [0.2, 0.25) is 5.91 Å². The van der Waals surface area contributed by atoms with Crippen LogP contribution < -0.4 is 10.6 Å². The molecular formula is C26H32ClF3N4O2S. The predicted octanol–water partition coefficient (Wildman–Crippen LogP) is 5.16. The molecule has 1 aromatic carbocycles. The lowest BCUT2D eigenvalue weighted by atomic mass is 9.80. The number of alkyl halides is 3. The fourth-order valence-corrected chi connectivity index (χ4v) is 5.72. The summed E-state index contributed by atoms with van der Waals surface area (Å²) in [5.41, 5.74) is 0.560. The van der Waals surface area contributed by atoms with E-state index in [2.05, 4.69) is 15.6 Å². The Kier molecular flexibility index (Phi) is 9.52. The highest BCUT2D eigenvalue weighted by Gasteiger charge is 2.67. The zero-order chi connectivity index (χ0) is 27.4. The summed E-state index contributed by atoms with van der Waals surface area (Å²) in [7, 11) is 5.27. The number of carbonyl (C=O) groups excluding carboxylic acids is 2. The molecule has 2 aromatic rings. The van der Waals surface area contributed by atoms with Crippen molar-refractivity contribution in [3.8, 4) is 0 Å². The second kappa shape index (κ2) is 12.0. The molecule has 1 fully saturated rings. The number of nitrogens with one attached hydrogen (secondary N) is 2. The molecule has 0 aliphatic heterocycles. The van der Waals surface area contributed by atoms with E-state index in [4.69, 9.17) is 11.6 Å². The molecule has 1 aliphatic rings. The molecule has 1 aromatic heterocycles. The minimum absolute atomic E-state index is 0.0119. The van der Waals surface area contributed by atoms with Crippen LogP contribution >= 0.6 is 23.4 Å². The van der Waals surface area contributed by atoms with Gasteiger partial charge < -0.3 is 10.6 Å². The summed E-state index contributed by atoms with van der Waals surface area (Å²) in [5.74, 6) is -1.11. The van der Waals surface area contributed by atoms with Crippen LogP contribution in [-0.4, -0.2) is 60.9 Å². The zero-order valence-electron chi connectivity index (χ0n) is 21.3. The lowest BCUT2D eigenvalue weighted by molar-refractivity contribution is -0.194. The number of nitrogens with zero attached hydrogens (tertiary/aromatic N) is 2. The number of benzene rings is 1. The summed E-state index contributed by atoms with van der Waals surface area (Å²) >= 11 is 7.89. The molecule has 3 rings (SSSR count). The van der Waals surface area contributed by atoms with Gasteiger partial charge in [-0.05, 0) is 63.2 Å². The van der Waals surface area contributed by atoms with Crippen molar-refractivity contribution in [3.63, 3.8) is 0 Å². The van der Waals surface area contributed by atoms with Gasteiger partial charge in [0.15, 0.2) is 0 Å². The van der Waals surface area contributed by atoms with Crippen molar-refractivity contribution in [2.75, 3.05) is 27.7 Å². The molecule has 2 N–H and O–H groups in total. The van der Waals surface area contributed by atoms with Crippen LogP contribution in [0.1, 0.15) is 52.4 Å².